The van der Waals surface area contributed by atoms with Gasteiger partial charge in [0.25, 0.3) is 5.91 Å². The Morgan fingerprint density at radius 3 is 2.81 bits per heavy atom. The van der Waals surface area contributed by atoms with Gasteiger partial charge in [0.05, 0.1) is 6.54 Å². The van der Waals surface area contributed by atoms with Crippen LogP contribution >= 0.6 is 0 Å². The molecule has 0 radical (unpaired) electrons. The second kappa shape index (κ2) is 8.60. The maximum absolute atomic E-state index is 12.1. The van der Waals surface area contributed by atoms with Crippen LogP contribution in [0.4, 0.5) is 0 Å². The number of aryl methyl sites for hydroxylation is 2. The minimum absolute atomic E-state index is 0.0366. The fraction of sp³-hybridized carbons (Fsp3) is 0.474. The Balaban J connectivity index is 1.43. The smallest absolute Gasteiger partial charge is 0.251 e. The van der Waals surface area contributed by atoms with Crippen LogP contribution in [0.3, 0.4) is 0 Å². The molecule has 0 unspecified atom stereocenters. The van der Waals surface area contributed by atoms with Crippen LogP contribution in [0.1, 0.15) is 46.8 Å². The van der Waals surface area contributed by atoms with Crippen molar-refractivity contribution in [3.63, 3.8) is 0 Å². The quantitative estimate of drug-likeness (QED) is 0.820. The van der Waals surface area contributed by atoms with Gasteiger partial charge in [0, 0.05) is 31.5 Å². The van der Waals surface area contributed by atoms with Crippen LogP contribution in [-0.2, 0) is 24.2 Å². The van der Waals surface area contributed by atoms with Crippen molar-refractivity contribution in [1.82, 2.24) is 25.4 Å². The predicted molar refractivity (Wildman–Crippen MR) is 97.8 cm³/mol. The van der Waals surface area contributed by atoms with E-state index < -0.39 is 0 Å². The van der Waals surface area contributed by atoms with Gasteiger partial charge in [-0.05, 0) is 31.4 Å². The molecule has 1 aliphatic rings. The van der Waals surface area contributed by atoms with Crippen molar-refractivity contribution in [2.45, 2.75) is 45.6 Å². The highest BCUT2D eigenvalue weighted by Crippen LogP contribution is 2.14. The Kier molecular flexibility index (Phi) is 5.99. The van der Waals surface area contributed by atoms with Crippen molar-refractivity contribution >= 4 is 11.8 Å². The molecule has 2 aromatic rings. The third kappa shape index (κ3) is 4.47. The first-order valence-electron chi connectivity index (χ1n) is 9.16. The summed E-state index contributed by atoms with van der Waals surface area (Å²) < 4.78 is 2.18. The number of hydrogen-bond acceptors (Lipinski definition) is 4. The van der Waals surface area contributed by atoms with Crippen molar-refractivity contribution < 1.29 is 9.59 Å². The van der Waals surface area contributed by atoms with Crippen LogP contribution in [0.5, 0.6) is 0 Å². The minimum atomic E-state index is -0.235. The summed E-state index contributed by atoms with van der Waals surface area (Å²) in [4.78, 5) is 24.1. The van der Waals surface area contributed by atoms with E-state index in [0.29, 0.717) is 18.5 Å². The van der Waals surface area contributed by atoms with Crippen LogP contribution in [-0.4, -0.2) is 39.7 Å². The van der Waals surface area contributed by atoms with E-state index in [9.17, 15) is 9.59 Å². The number of hydrogen-bond donors (Lipinski definition) is 2. The summed E-state index contributed by atoms with van der Waals surface area (Å²) >= 11 is 0. The SMILES string of the molecule is Cc1ccccc1C(=O)NCC(=O)NCCc1nnc2n1CCCCC2. The molecule has 7 nitrogen and oxygen atoms in total. The standard InChI is InChI=1S/C19H25N5O2/c1-14-7-4-5-8-15(14)19(26)21-13-18(25)20-11-10-17-23-22-16-9-3-2-6-12-24(16)17/h4-5,7-8H,2-3,6,9-13H2,1H3,(H,20,25)(H,21,26). The lowest BCUT2D eigenvalue weighted by atomic mass is 10.1. The lowest BCUT2D eigenvalue weighted by Gasteiger charge is -2.09. The summed E-state index contributed by atoms with van der Waals surface area (Å²) in [7, 11) is 0. The van der Waals surface area contributed by atoms with Gasteiger partial charge in [0.15, 0.2) is 0 Å². The van der Waals surface area contributed by atoms with Gasteiger partial charge in [-0.1, -0.05) is 24.6 Å². The summed E-state index contributed by atoms with van der Waals surface area (Å²) in [6.45, 7) is 3.27. The molecular weight excluding hydrogens is 330 g/mol. The van der Waals surface area contributed by atoms with E-state index in [4.69, 9.17) is 0 Å². The van der Waals surface area contributed by atoms with E-state index in [-0.39, 0.29) is 18.4 Å². The van der Waals surface area contributed by atoms with Gasteiger partial charge in [-0.2, -0.15) is 0 Å². The number of aromatic nitrogens is 3. The molecule has 0 saturated heterocycles. The molecule has 0 saturated carbocycles. The number of nitrogens with zero attached hydrogens (tertiary/aromatic N) is 3. The van der Waals surface area contributed by atoms with Crippen molar-refractivity contribution in [2.75, 3.05) is 13.1 Å². The number of carbonyl (C=O) groups is 2. The maximum atomic E-state index is 12.1. The van der Waals surface area contributed by atoms with E-state index >= 15 is 0 Å². The first kappa shape index (κ1) is 18.1. The van der Waals surface area contributed by atoms with E-state index in [1.807, 2.05) is 25.1 Å². The monoisotopic (exact) mass is 355 g/mol. The van der Waals surface area contributed by atoms with Gasteiger partial charge in [-0.15, -0.1) is 10.2 Å². The molecule has 0 fully saturated rings. The highest BCUT2D eigenvalue weighted by atomic mass is 16.2. The lowest BCUT2D eigenvalue weighted by Crippen LogP contribution is -2.38. The van der Waals surface area contributed by atoms with Crippen LogP contribution in [0.25, 0.3) is 0 Å². The molecule has 1 aliphatic heterocycles. The van der Waals surface area contributed by atoms with E-state index in [1.54, 1.807) is 6.07 Å². The molecular formula is C19H25N5O2. The van der Waals surface area contributed by atoms with Crippen LogP contribution in [0.15, 0.2) is 24.3 Å². The Morgan fingerprint density at radius 1 is 1.12 bits per heavy atom. The summed E-state index contributed by atoms with van der Waals surface area (Å²) in [6, 6.07) is 7.31. The van der Waals surface area contributed by atoms with Crippen LogP contribution < -0.4 is 10.6 Å². The molecule has 7 heteroatoms. The molecule has 2 N–H and O–H groups in total. The molecule has 1 aromatic heterocycles. The van der Waals surface area contributed by atoms with Gasteiger partial charge in [-0.3, -0.25) is 9.59 Å². The van der Waals surface area contributed by atoms with Crippen molar-refractivity contribution in [2.24, 2.45) is 0 Å². The zero-order valence-corrected chi connectivity index (χ0v) is 15.1. The molecule has 2 heterocycles. The summed E-state index contributed by atoms with van der Waals surface area (Å²) in [6.07, 6.45) is 5.15. The normalized spacial score (nSPS) is 13.6. The Morgan fingerprint density at radius 2 is 1.96 bits per heavy atom. The second-order valence-corrected chi connectivity index (χ2v) is 6.59. The van der Waals surface area contributed by atoms with E-state index in [2.05, 4.69) is 25.4 Å². The molecule has 3 rings (SSSR count). The highest BCUT2D eigenvalue weighted by Gasteiger charge is 2.15. The third-order valence-electron chi connectivity index (χ3n) is 4.66. The molecule has 138 valence electrons. The lowest BCUT2D eigenvalue weighted by molar-refractivity contribution is -0.120. The largest absolute Gasteiger partial charge is 0.354 e. The molecule has 2 amide bonds. The van der Waals surface area contributed by atoms with Gasteiger partial charge >= 0.3 is 0 Å². The van der Waals surface area contributed by atoms with Gasteiger partial charge in [0.2, 0.25) is 5.91 Å². The Bertz CT molecular complexity index is 784. The number of nitrogens with one attached hydrogen (secondary N) is 2. The van der Waals surface area contributed by atoms with Gasteiger partial charge < -0.3 is 15.2 Å². The fourth-order valence-corrected chi connectivity index (χ4v) is 3.19. The topological polar surface area (TPSA) is 88.9 Å². The van der Waals surface area contributed by atoms with Crippen LogP contribution in [0.2, 0.25) is 0 Å². The number of carbonyl (C=O) groups excluding carboxylic acids is 2. The van der Waals surface area contributed by atoms with Crippen molar-refractivity contribution in [1.29, 1.82) is 0 Å². The molecule has 0 atom stereocenters. The second-order valence-electron chi connectivity index (χ2n) is 6.59. The highest BCUT2D eigenvalue weighted by molar-refractivity contribution is 5.97. The molecule has 0 bridgehead atoms. The number of rotatable bonds is 6. The molecule has 0 spiro atoms. The van der Waals surface area contributed by atoms with Crippen LogP contribution in [0, 0.1) is 6.92 Å². The summed E-state index contributed by atoms with van der Waals surface area (Å²) in [5.74, 6) is 1.53. The first-order chi connectivity index (χ1) is 12.6. The predicted octanol–water partition coefficient (Wildman–Crippen LogP) is 1.40. The summed E-state index contributed by atoms with van der Waals surface area (Å²) in [5.41, 5.74) is 1.48. The van der Waals surface area contributed by atoms with E-state index in [1.165, 1.54) is 6.42 Å². The first-order valence-corrected chi connectivity index (χ1v) is 9.16. The van der Waals surface area contributed by atoms with Crippen molar-refractivity contribution in [3.05, 3.63) is 47.0 Å². The number of benzene rings is 1. The maximum Gasteiger partial charge on any atom is 0.251 e. The molecule has 1 aromatic carbocycles. The average Bonchev–Trinajstić information content (AvgIpc) is 2.87. The van der Waals surface area contributed by atoms with Gasteiger partial charge in [0.1, 0.15) is 11.6 Å². The fourth-order valence-electron chi connectivity index (χ4n) is 3.19. The van der Waals surface area contributed by atoms with E-state index in [0.717, 1.165) is 43.0 Å². The zero-order valence-electron chi connectivity index (χ0n) is 15.1. The Hall–Kier alpha value is -2.70. The molecule has 0 aliphatic carbocycles. The summed E-state index contributed by atoms with van der Waals surface area (Å²) in [5, 5.41) is 14.0. The zero-order chi connectivity index (χ0) is 18.4. The minimum Gasteiger partial charge on any atom is -0.354 e. The van der Waals surface area contributed by atoms with Crippen molar-refractivity contribution in [3.8, 4) is 0 Å². The third-order valence-corrected chi connectivity index (χ3v) is 4.66. The number of fused-ring (bicyclic) bond motifs is 1. The number of amides is 2. The van der Waals surface area contributed by atoms with Gasteiger partial charge in [-0.25, -0.2) is 0 Å². The molecule has 26 heavy (non-hydrogen) atoms. The Labute approximate surface area is 153 Å². The average molecular weight is 355 g/mol.